The first-order chi connectivity index (χ1) is 9.06. The molecule has 0 atom stereocenters. The molecule has 0 amide bonds. The number of ether oxygens (including phenoxy) is 2. The largest absolute Gasteiger partial charge is 0.457 e. The van der Waals surface area contributed by atoms with E-state index in [1.54, 1.807) is 0 Å². The van der Waals surface area contributed by atoms with Crippen molar-refractivity contribution in [3.63, 3.8) is 0 Å². The number of ketones is 1. The number of alkyl halides is 2. The van der Waals surface area contributed by atoms with Gasteiger partial charge in [0.1, 0.15) is 5.75 Å². The molecule has 0 aromatic heterocycles. The Labute approximate surface area is 108 Å². The normalized spacial score (nSPS) is 14.3. The molecule has 0 radical (unpaired) electrons. The maximum atomic E-state index is 11.9. The van der Waals surface area contributed by atoms with Crippen LogP contribution in [0.1, 0.15) is 23.2 Å². The van der Waals surface area contributed by atoms with Gasteiger partial charge >= 0.3 is 12.6 Å². The molecular formula is C13H12F2O4. The highest BCUT2D eigenvalue weighted by Gasteiger charge is 2.31. The third-order valence-electron chi connectivity index (χ3n) is 2.66. The van der Waals surface area contributed by atoms with E-state index >= 15 is 0 Å². The lowest BCUT2D eigenvalue weighted by atomic mass is 10.1. The van der Waals surface area contributed by atoms with E-state index in [4.69, 9.17) is 4.74 Å². The van der Waals surface area contributed by atoms with Crippen LogP contribution in [0.15, 0.2) is 24.3 Å². The quantitative estimate of drug-likeness (QED) is 0.588. The summed E-state index contributed by atoms with van der Waals surface area (Å²) in [7, 11) is 0. The van der Waals surface area contributed by atoms with Crippen LogP contribution in [0.3, 0.4) is 0 Å². The molecule has 6 heteroatoms. The fraction of sp³-hybridized carbons (Fsp3) is 0.385. The number of halogens is 2. The van der Waals surface area contributed by atoms with Crippen LogP contribution in [0.2, 0.25) is 0 Å². The lowest BCUT2D eigenvalue weighted by Gasteiger charge is -2.06. The first-order valence-electron chi connectivity index (χ1n) is 5.81. The molecule has 102 valence electrons. The van der Waals surface area contributed by atoms with Crippen LogP contribution in [-0.2, 0) is 9.53 Å². The Morgan fingerprint density at radius 3 is 2.37 bits per heavy atom. The molecule has 0 N–H and O–H groups in total. The van der Waals surface area contributed by atoms with Gasteiger partial charge in [-0.2, -0.15) is 8.78 Å². The minimum atomic E-state index is -2.90. The molecule has 19 heavy (non-hydrogen) atoms. The summed E-state index contributed by atoms with van der Waals surface area (Å²) in [6.07, 6.45) is 1.62. The van der Waals surface area contributed by atoms with Gasteiger partial charge in [-0.25, -0.2) is 0 Å². The van der Waals surface area contributed by atoms with Gasteiger partial charge in [-0.3, -0.25) is 9.59 Å². The molecule has 4 nitrogen and oxygen atoms in total. The van der Waals surface area contributed by atoms with Gasteiger partial charge in [0.15, 0.2) is 12.4 Å². The average Bonchev–Trinajstić information content (AvgIpc) is 3.20. The van der Waals surface area contributed by atoms with Crippen LogP contribution in [0.25, 0.3) is 0 Å². The molecule has 0 unspecified atom stereocenters. The summed E-state index contributed by atoms with van der Waals surface area (Å²) >= 11 is 0. The van der Waals surface area contributed by atoms with E-state index in [0.717, 1.165) is 12.8 Å². The van der Waals surface area contributed by atoms with E-state index in [1.807, 2.05) is 0 Å². The van der Waals surface area contributed by atoms with Crippen molar-refractivity contribution in [1.82, 2.24) is 0 Å². The van der Waals surface area contributed by atoms with Crippen molar-refractivity contribution in [3.8, 4) is 5.75 Å². The number of carbonyl (C=O) groups excluding carboxylic acids is 2. The second-order valence-electron chi connectivity index (χ2n) is 4.21. The van der Waals surface area contributed by atoms with Crippen LogP contribution in [0, 0.1) is 5.92 Å². The van der Waals surface area contributed by atoms with Gasteiger partial charge in [0.25, 0.3) is 0 Å². The Morgan fingerprint density at radius 2 is 1.84 bits per heavy atom. The maximum absolute atomic E-state index is 11.9. The summed E-state index contributed by atoms with van der Waals surface area (Å²) in [5.74, 6) is -0.820. The minimum absolute atomic E-state index is 0.0264. The summed E-state index contributed by atoms with van der Waals surface area (Å²) in [4.78, 5) is 22.9. The van der Waals surface area contributed by atoms with Gasteiger partial charge in [0.2, 0.25) is 0 Å². The van der Waals surface area contributed by atoms with Gasteiger partial charge in [0.05, 0.1) is 5.92 Å². The number of carbonyl (C=O) groups is 2. The summed E-state index contributed by atoms with van der Waals surface area (Å²) < 4.78 is 32.8. The molecule has 1 aliphatic carbocycles. The first-order valence-corrected chi connectivity index (χ1v) is 5.81. The number of esters is 1. The Kier molecular flexibility index (Phi) is 4.09. The highest BCUT2D eigenvalue weighted by atomic mass is 19.3. The fourth-order valence-corrected chi connectivity index (χ4v) is 1.48. The predicted molar refractivity (Wildman–Crippen MR) is 61.1 cm³/mol. The van der Waals surface area contributed by atoms with Crippen molar-refractivity contribution < 1.29 is 27.8 Å². The molecule has 1 aromatic rings. The fourth-order valence-electron chi connectivity index (χ4n) is 1.48. The summed E-state index contributed by atoms with van der Waals surface area (Å²) in [6, 6.07) is 5.24. The molecule has 1 saturated carbocycles. The highest BCUT2D eigenvalue weighted by Crippen LogP contribution is 2.30. The van der Waals surface area contributed by atoms with Gasteiger partial charge in [-0.05, 0) is 37.1 Å². The van der Waals surface area contributed by atoms with E-state index in [9.17, 15) is 18.4 Å². The maximum Gasteiger partial charge on any atom is 0.387 e. The molecule has 0 spiro atoms. The molecule has 1 fully saturated rings. The summed E-state index contributed by atoms with van der Waals surface area (Å²) in [6.45, 7) is -3.23. The molecule has 0 bridgehead atoms. The molecule has 0 saturated heterocycles. The molecule has 2 rings (SSSR count). The van der Waals surface area contributed by atoms with Crippen molar-refractivity contribution in [2.24, 2.45) is 5.92 Å². The number of benzene rings is 1. The van der Waals surface area contributed by atoms with Gasteiger partial charge < -0.3 is 9.47 Å². The number of rotatable bonds is 6. The van der Waals surface area contributed by atoms with E-state index in [0.29, 0.717) is 0 Å². The van der Waals surface area contributed by atoms with E-state index in [1.165, 1.54) is 24.3 Å². The number of hydrogen-bond donors (Lipinski definition) is 0. The monoisotopic (exact) mass is 270 g/mol. The summed E-state index contributed by atoms with van der Waals surface area (Å²) in [5, 5.41) is 0. The molecular weight excluding hydrogens is 258 g/mol. The number of hydrogen-bond acceptors (Lipinski definition) is 4. The Morgan fingerprint density at radius 1 is 1.21 bits per heavy atom. The first kappa shape index (κ1) is 13.5. The average molecular weight is 270 g/mol. The topological polar surface area (TPSA) is 52.6 Å². The molecule has 0 heterocycles. The van der Waals surface area contributed by atoms with Crippen LogP contribution in [-0.4, -0.2) is 25.0 Å². The lowest BCUT2D eigenvalue weighted by molar-refractivity contribution is -0.144. The zero-order valence-corrected chi connectivity index (χ0v) is 9.97. The minimum Gasteiger partial charge on any atom is -0.457 e. The summed E-state index contributed by atoms with van der Waals surface area (Å²) in [5.41, 5.74) is 0.283. The highest BCUT2D eigenvalue weighted by molar-refractivity contribution is 5.98. The van der Waals surface area contributed by atoms with Crippen LogP contribution in [0.5, 0.6) is 5.75 Å². The zero-order valence-electron chi connectivity index (χ0n) is 9.97. The SMILES string of the molecule is O=C(COC(=O)C1CC1)c1ccc(OC(F)F)cc1. The molecule has 1 aromatic carbocycles. The zero-order chi connectivity index (χ0) is 13.8. The van der Waals surface area contributed by atoms with Crippen LogP contribution >= 0.6 is 0 Å². The van der Waals surface area contributed by atoms with Crippen molar-refractivity contribution in [2.75, 3.05) is 6.61 Å². The predicted octanol–water partition coefficient (Wildman–Crippen LogP) is 2.42. The van der Waals surface area contributed by atoms with Crippen molar-refractivity contribution in [1.29, 1.82) is 0 Å². The van der Waals surface area contributed by atoms with E-state index < -0.39 is 6.61 Å². The Balaban J connectivity index is 1.86. The Bertz CT molecular complexity index is 466. The van der Waals surface area contributed by atoms with Crippen molar-refractivity contribution in [3.05, 3.63) is 29.8 Å². The molecule has 0 aliphatic heterocycles. The lowest BCUT2D eigenvalue weighted by Crippen LogP contribution is -2.15. The van der Waals surface area contributed by atoms with Gasteiger partial charge in [-0.1, -0.05) is 0 Å². The smallest absolute Gasteiger partial charge is 0.387 e. The van der Waals surface area contributed by atoms with Gasteiger partial charge in [-0.15, -0.1) is 0 Å². The van der Waals surface area contributed by atoms with Crippen LogP contribution in [0.4, 0.5) is 8.78 Å². The standard InChI is InChI=1S/C13H12F2O4/c14-13(15)19-10-5-3-8(4-6-10)11(16)7-18-12(17)9-1-2-9/h3-6,9,13H,1-2,7H2. The third kappa shape index (κ3) is 4.01. The Hall–Kier alpha value is -1.98. The second kappa shape index (κ2) is 5.77. The van der Waals surface area contributed by atoms with Crippen molar-refractivity contribution in [2.45, 2.75) is 19.5 Å². The number of Topliss-reactive ketones (excluding diaryl/α,β-unsaturated/α-hetero) is 1. The van der Waals surface area contributed by atoms with E-state index in [-0.39, 0.29) is 35.6 Å². The van der Waals surface area contributed by atoms with Gasteiger partial charge in [0, 0.05) is 5.56 Å². The van der Waals surface area contributed by atoms with E-state index in [2.05, 4.69) is 4.74 Å². The van der Waals surface area contributed by atoms with Crippen LogP contribution < -0.4 is 4.74 Å². The second-order valence-corrected chi connectivity index (χ2v) is 4.21. The van der Waals surface area contributed by atoms with Crippen molar-refractivity contribution >= 4 is 11.8 Å². The molecule has 1 aliphatic rings. The third-order valence-corrected chi connectivity index (χ3v) is 2.66.